The quantitative estimate of drug-likeness (QED) is 0.129. The molecule has 0 radical (unpaired) electrons. The molecule has 9 nitrogen and oxygen atoms in total. The first-order valence-electron chi connectivity index (χ1n) is 15.3. The molecule has 0 saturated carbocycles. The molecule has 2 aromatic heterocycles. The Morgan fingerprint density at radius 3 is 1.91 bits per heavy atom. The lowest BCUT2D eigenvalue weighted by atomic mass is 9.26. The number of aryl methyl sites for hydroxylation is 1. The van der Waals surface area contributed by atoms with E-state index >= 15 is 0 Å². The van der Waals surface area contributed by atoms with Gasteiger partial charge in [-0.3, -0.25) is 9.59 Å². The third-order valence-corrected chi connectivity index (χ3v) is 10.5. The first kappa shape index (κ1) is 33.2. The smallest absolute Gasteiger partial charge is 0.298 e. The number of hydrogen-bond acceptors (Lipinski definition) is 7. The number of hydrogen-bond donors (Lipinski definition) is 2. The Morgan fingerprint density at radius 1 is 0.826 bits per heavy atom. The summed E-state index contributed by atoms with van der Waals surface area (Å²) in [5.74, 6) is -1.63. The number of carbonyl (C=O) groups excluding carboxylic acids is 2. The Hall–Kier alpha value is -4.21. The van der Waals surface area contributed by atoms with Crippen LogP contribution in [0.4, 0.5) is 21.7 Å². The number of piperazine rings is 1. The highest BCUT2D eigenvalue weighted by Gasteiger charge is 2.62. The number of benzene rings is 2. The van der Waals surface area contributed by atoms with Gasteiger partial charge < -0.3 is 24.8 Å². The molecular weight excluding hydrogens is 574 g/mol. The Labute approximate surface area is 276 Å². The molecule has 0 unspecified atom stereocenters. The van der Waals surface area contributed by atoms with Gasteiger partial charge in [-0.05, 0) is 52.0 Å². The van der Waals surface area contributed by atoms with Gasteiger partial charge in [-0.25, -0.2) is 14.4 Å². The van der Waals surface area contributed by atoms with Crippen LogP contribution >= 0.6 is 0 Å². The maximum absolute atomic E-state index is 13.8. The molecule has 1 fully saturated rings. The number of phenolic OH excluding ortho intramolecular Hbond substituents is 1. The van der Waals surface area contributed by atoms with Gasteiger partial charge in [0.25, 0.3) is 11.7 Å². The van der Waals surface area contributed by atoms with Crippen LogP contribution in [0.2, 0.25) is 0 Å². The Kier molecular flexibility index (Phi) is 8.10. The highest BCUT2D eigenvalue weighted by molar-refractivity contribution is 6.64. The van der Waals surface area contributed by atoms with Crippen molar-refractivity contribution in [2.24, 2.45) is 7.05 Å². The van der Waals surface area contributed by atoms with E-state index < -0.39 is 38.9 Å². The zero-order valence-electron chi connectivity index (χ0n) is 28.2. The summed E-state index contributed by atoms with van der Waals surface area (Å²) in [7, 11) is 18.4. The van der Waals surface area contributed by atoms with E-state index in [0.29, 0.717) is 22.9 Å². The van der Waals surface area contributed by atoms with E-state index in [9.17, 15) is 19.1 Å². The van der Waals surface area contributed by atoms with Crippen LogP contribution in [0.5, 0.6) is 5.75 Å². The highest BCUT2D eigenvalue weighted by Crippen LogP contribution is 2.48. The minimum atomic E-state index is -0.804. The molecule has 1 aliphatic heterocycles. The molecular formula is C28H35B8FN6O3. The number of ketones is 1. The highest BCUT2D eigenvalue weighted by atomic mass is 19.1. The number of Topliss-reactive ketones (excluding diaryl/α,β-unsaturated/α-hetero) is 1. The fraction of sp³-hybridized carbons (Fsp3) is 0.214. The third kappa shape index (κ3) is 5.06. The topological polar surface area (TPSA) is 104 Å². The monoisotopic (exact) mass is 610 g/mol. The van der Waals surface area contributed by atoms with Gasteiger partial charge in [0.05, 0.1) is 18.1 Å². The van der Waals surface area contributed by atoms with Crippen LogP contribution in [0, 0.1) is 12.7 Å². The predicted molar refractivity (Wildman–Crippen MR) is 203 cm³/mol. The van der Waals surface area contributed by atoms with Crippen molar-refractivity contribution >= 4 is 91.8 Å². The number of carbonyl (C=O) groups is 2. The molecule has 46 heavy (non-hydrogen) atoms. The lowest BCUT2D eigenvalue weighted by Crippen LogP contribution is -2.93. The average molecular weight is 609 g/mol. The maximum Gasteiger partial charge on any atom is 0.298 e. The van der Waals surface area contributed by atoms with Gasteiger partial charge in [0, 0.05) is 30.1 Å². The van der Waals surface area contributed by atoms with Crippen molar-refractivity contribution in [1.29, 1.82) is 0 Å². The molecule has 2 aromatic carbocycles. The van der Waals surface area contributed by atoms with Gasteiger partial charge in [0.15, 0.2) is 5.82 Å². The van der Waals surface area contributed by atoms with Gasteiger partial charge in [-0.15, -0.1) is 0 Å². The largest absolute Gasteiger partial charge is 0.506 e. The van der Waals surface area contributed by atoms with Crippen molar-refractivity contribution in [3.63, 3.8) is 0 Å². The zero-order chi connectivity index (χ0) is 34.0. The van der Waals surface area contributed by atoms with Crippen molar-refractivity contribution in [3.05, 3.63) is 84.2 Å². The first-order chi connectivity index (χ1) is 21.3. The maximum atomic E-state index is 13.8. The Bertz CT molecular complexity index is 1810. The van der Waals surface area contributed by atoms with Crippen LogP contribution in [0.1, 0.15) is 16.2 Å². The normalized spacial score (nSPS) is 17.7. The predicted octanol–water partition coefficient (Wildman–Crippen LogP) is -4.54. The molecule has 0 atom stereocenters. The van der Waals surface area contributed by atoms with E-state index in [2.05, 4.69) is 87.9 Å². The summed E-state index contributed by atoms with van der Waals surface area (Å²) in [5, 5.41) is 11.7. The minimum Gasteiger partial charge on any atom is -0.506 e. The molecule has 1 amide bonds. The van der Waals surface area contributed by atoms with Crippen LogP contribution in [0.15, 0.2) is 67.0 Å². The van der Waals surface area contributed by atoms with Crippen molar-refractivity contribution < 1.29 is 19.1 Å². The lowest BCUT2D eigenvalue weighted by Gasteiger charge is -2.74. The van der Waals surface area contributed by atoms with Crippen molar-refractivity contribution in [1.82, 2.24) is 14.5 Å². The second kappa shape index (κ2) is 11.2. The lowest BCUT2D eigenvalue weighted by molar-refractivity contribution is -0.112. The number of aromatic nitrogens is 3. The number of rotatable bonds is 6. The molecule has 18 heteroatoms. The van der Waals surface area contributed by atoms with Crippen LogP contribution in [0.3, 0.4) is 0 Å². The van der Waals surface area contributed by atoms with Crippen LogP contribution in [0.25, 0.3) is 11.1 Å². The van der Waals surface area contributed by atoms with Crippen molar-refractivity contribution in [2.75, 3.05) is 15.1 Å². The molecule has 5 rings (SSSR count). The standard InChI is InChI=1S/C28H35B8FN6O3/c1-14-10-18(15-6-4-3-5-7-15)21(41(14)2)22(45)23(46)40-17-8-9-19(20(44)11-17)42-25(29,30)27(33,34)43(28(35,36)26(42,31)32)24-38-12-16(37)13-39-24/h3-13,44H,29-36H2,1-2H3,(H,40,46). The van der Waals surface area contributed by atoms with Crippen LogP contribution < -0.4 is 15.1 Å². The molecule has 0 bridgehead atoms. The average Bonchev–Trinajstić information content (AvgIpc) is 3.28. The number of anilines is 3. The Balaban J connectivity index is 1.48. The molecule has 1 saturated heterocycles. The van der Waals surface area contributed by atoms with Gasteiger partial charge in [-0.1, -0.05) is 30.3 Å². The third-order valence-electron chi connectivity index (χ3n) is 10.5. The van der Waals surface area contributed by atoms with E-state index in [1.54, 1.807) is 23.7 Å². The van der Waals surface area contributed by atoms with Gasteiger partial charge in [0.1, 0.15) is 74.2 Å². The molecule has 0 spiro atoms. The van der Waals surface area contributed by atoms with Gasteiger partial charge in [0.2, 0.25) is 5.95 Å². The van der Waals surface area contributed by atoms with Gasteiger partial charge in [-0.2, -0.15) is 0 Å². The zero-order valence-corrected chi connectivity index (χ0v) is 28.2. The minimum absolute atomic E-state index is 0.0517. The SMILES string of the molecule is BC1(B)N(c2ncc(F)cn2)C(B)(B)C(B)(B)N(c2ccc(NC(=O)C(=O)c3c(-c4ccccc4)cc(C)n3C)cc2O)C1(B)B. The number of nitrogens with zero attached hydrogens (tertiary/aromatic N) is 5. The summed E-state index contributed by atoms with van der Waals surface area (Å²) in [5.41, 5.74) is 3.51. The first-order valence-corrected chi connectivity index (χ1v) is 15.3. The summed E-state index contributed by atoms with van der Waals surface area (Å²) >= 11 is 0. The molecule has 1 aliphatic rings. The van der Waals surface area contributed by atoms with E-state index in [4.69, 9.17) is 0 Å². The molecule has 226 valence electrons. The number of nitrogens with one attached hydrogen (secondary N) is 1. The fourth-order valence-electron chi connectivity index (χ4n) is 6.94. The van der Waals surface area contributed by atoms with E-state index in [-0.39, 0.29) is 11.4 Å². The van der Waals surface area contributed by atoms with Crippen LogP contribution in [-0.4, -0.2) is 115 Å². The summed E-state index contributed by atoms with van der Waals surface area (Å²) < 4.78 is 15.5. The molecule has 2 N–H and O–H groups in total. The molecule has 4 aromatic rings. The number of phenols is 1. The van der Waals surface area contributed by atoms with Crippen molar-refractivity contribution in [2.45, 2.75) is 28.3 Å². The van der Waals surface area contributed by atoms with Gasteiger partial charge >= 0.3 is 0 Å². The Morgan fingerprint density at radius 2 is 1.37 bits per heavy atom. The van der Waals surface area contributed by atoms with E-state index in [0.717, 1.165) is 11.3 Å². The summed E-state index contributed by atoms with van der Waals surface area (Å²) in [4.78, 5) is 39.8. The fourth-order valence-corrected chi connectivity index (χ4v) is 6.94. The van der Waals surface area contributed by atoms with Crippen molar-refractivity contribution in [3.8, 4) is 16.9 Å². The molecule has 0 aliphatic carbocycles. The second-order valence-corrected chi connectivity index (χ2v) is 14.1. The van der Waals surface area contributed by atoms with Crippen LogP contribution in [-0.2, 0) is 11.8 Å². The number of aromatic hydroxyl groups is 1. The molecule has 3 heterocycles. The second-order valence-electron chi connectivity index (χ2n) is 14.1. The van der Waals surface area contributed by atoms with E-state index in [1.807, 2.05) is 43.3 Å². The van der Waals surface area contributed by atoms with E-state index in [1.165, 1.54) is 18.5 Å². The summed E-state index contributed by atoms with van der Waals surface area (Å²) in [6, 6.07) is 16.3. The summed E-state index contributed by atoms with van der Waals surface area (Å²) in [6.45, 7) is 1.88. The number of halogens is 1. The summed E-state index contributed by atoms with van der Waals surface area (Å²) in [6.07, 6.45) is 2.35. The number of amides is 1.